The zero-order valence-electron chi connectivity index (χ0n) is 20.1. The Morgan fingerprint density at radius 2 is 1.50 bits per heavy atom. The van der Waals surface area contributed by atoms with Gasteiger partial charge in [0.05, 0.1) is 18.8 Å². The molecule has 0 spiro atoms. The second-order valence-electron chi connectivity index (χ2n) is 9.00. The Morgan fingerprint density at radius 3 is 2.22 bits per heavy atom. The van der Waals surface area contributed by atoms with Crippen LogP contribution in [0.15, 0.2) is 108 Å². The molecule has 0 unspecified atom stereocenters. The molecule has 36 heavy (non-hydrogen) atoms. The van der Waals surface area contributed by atoms with Crippen LogP contribution in [0, 0.1) is 0 Å². The zero-order chi connectivity index (χ0) is 24.7. The van der Waals surface area contributed by atoms with Crippen molar-refractivity contribution < 1.29 is 14.6 Å². The third-order valence-corrected chi connectivity index (χ3v) is 7.62. The van der Waals surface area contributed by atoms with Crippen molar-refractivity contribution in [3.05, 3.63) is 125 Å². The number of nitrogens with two attached hydrogens (primary N) is 1. The predicted molar refractivity (Wildman–Crippen MR) is 145 cm³/mol. The van der Waals surface area contributed by atoms with E-state index in [4.69, 9.17) is 15.2 Å². The van der Waals surface area contributed by atoms with E-state index in [-0.39, 0.29) is 18.8 Å². The van der Waals surface area contributed by atoms with Crippen molar-refractivity contribution in [3.63, 3.8) is 0 Å². The molecule has 4 nitrogen and oxygen atoms in total. The smallest absolute Gasteiger partial charge is 0.184 e. The van der Waals surface area contributed by atoms with Crippen LogP contribution in [0.3, 0.4) is 0 Å². The van der Waals surface area contributed by atoms with Gasteiger partial charge in [-0.05, 0) is 46.0 Å². The molecule has 5 rings (SSSR count). The van der Waals surface area contributed by atoms with E-state index in [1.54, 1.807) is 11.8 Å². The van der Waals surface area contributed by atoms with E-state index in [2.05, 4.69) is 60.7 Å². The Bertz CT molecular complexity index is 1250. The van der Waals surface area contributed by atoms with Crippen molar-refractivity contribution in [2.45, 2.75) is 43.0 Å². The van der Waals surface area contributed by atoms with Gasteiger partial charge in [-0.3, -0.25) is 0 Å². The van der Waals surface area contributed by atoms with Crippen LogP contribution in [0.5, 0.6) is 0 Å². The number of ether oxygens (including phenoxy) is 2. The van der Waals surface area contributed by atoms with Crippen LogP contribution in [0.25, 0.3) is 11.1 Å². The highest BCUT2D eigenvalue weighted by Gasteiger charge is 2.32. The summed E-state index contributed by atoms with van der Waals surface area (Å²) in [6.07, 6.45) is 0.280. The quantitative estimate of drug-likeness (QED) is 0.267. The molecule has 0 saturated carbocycles. The maximum Gasteiger partial charge on any atom is 0.184 e. The number of aliphatic hydroxyl groups excluding tert-OH is 1. The molecule has 1 saturated heterocycles. The molecule has 3 atom stereocenters. The first kappa shape index (κ1) is 24.8. The number of hydrogen-bond acceptors (Lipinski definition) is 5. The average Bonchev–Trinajstić information content (AvgIpc) is 2.96. The number of aliphatic hydroxyl groups is 1. The van der Waals surface area contributed by atoms with Gasteiger partial charge in [0.25, 0.3) is 0 Å². The number of rotatable bonds is 8. The molecule has 1 aliphatic rings. The minimum atomic E-state index is -0.452. The Morgan fingerprint density at radius 1 is 0.750 bits per heavy atom. The lowest BCUT2D eigenvalue weighted by molar-refractivity contribution is -0.245. The van der Waals surface area contributed by atoms with Crippen LogP contribution in [-0.4, -0.2) is 17.0 Å². The molecule has 0 bridgehead atoms. The van der Waals surface area contributed by atoms with Crippen LogP contribution in [0.2, 0.25) is 0 Å². The fourth-order valence-corrected chi connectivity index (χ4v) is 5.38. The van der Waals surface area contributed by atoms with Gasteiger partial charge >= 0.3 is 0 Å². The molecule has 0 amide bonds. The zero-order valence-corrected chi connectivity index (χ0v) is 20.9. The molecule has 1 aliphatic heterocycles. The van der Waals surface area contributed by atoms with Crippen molar-refractivity contribution in [1.29, 1.82) is 0 Å². The Balaban J connectivity index is 1.36. The fourth-order valence-electron chi connectivity index (χ4n) is 4.44. The molecule has 1 heterocycles. The van der Waals surface area contributed by atoms with Crippen LogP contribution in [-0.2, 0) is 22.6 Å². The summed E-state index contributed by atoms with van der Waals surface area (Å²) in [4.78, 5) is 1.23. The van der Waals surface area contributed by atoms with Gasteiger partial charge in [0.15, 0.2) is 6.29 Å². The Labute approximate surface area is 217 Å². The summed E-state index contributed by atoms with van der Waals surface area (Å²) < 4.78 is 13.0. The first-order valence-corrected chi connectivity index (χ1v) is 13.3. The molecular formula is C31H31NO3S. The van der Waals surface area contributed by atoms with Gasteiger partial charge in [0.1, 0.15) is 0 Å². The highest BCUT2D eigenvalue weighted by atomic mass is 32.2. The van der Waals surface area contributed by atoms with Gasteiger partial charge in [0, 0.05) is 29.2 Å². The normalized spacial score (nSPS) is 19.8. The van der Waals surface area contributed by atoms with E-state index in [9.17, 15) is 5.11 Å². The molecule has 0 aliphatic carbocycles. The molecule has 4 aromatic carbocycles. The third kappa shape index (κ3) is 6.06. The first-order chi connectivity index (χ1) is 17.7. The molecule has 5 heteroatoms. The molecular weight excluding hydrogens is 466 g/mol. The minimum absolute atomic E-state index is 0.0361. The lowest BCUT2D eigenvalue weighted by Crippen LogP contribution is -2.31. The van der Waals surface area contributed by atoms with Gasteiger partial charge < -0.3 is 20.3 Å². The van der Waals surface area contributed by atoms with E-state index in [1.165, 1.54) is 4.90 Å². The Hall–Kier alpha value is -2.93. The van der Waals surface area contributed by atoms with Crippen LogP contribution >= 0.6 is 11.8 Å². The van der Waals surface area contributed by atoms with Crippen molar-refractivity contribution in [2.75, 3.05) is 5.75 Å². The van der Waals surface area contributed by atoms with E-state index >= 15 is 0 Å². The minimum Gasteiger partial charge on any atom is -0.392 e. The molecule has 1 fully saturated rings. The summed E-state index contributed by atoms with van der Waals surface area (Å²) >= 11 is 1.81. The van der Waals surface area contributed by atoms with Gasteiger partial charge in [0.2, 0.25) is 0 Å². The van der Waals surface area contributed by atoms with Crippen LogP contribution in [0.4, 0.5) is 0 Å². The highest BCUT2D eigenvalue weighted by molar-refractivity contribution is 7.99. The van der Waals surface area contributed by atoms with Gasteiger partial charge in [-0.25, -0.2) is 0 Å². The first-order valence-electron chi connectivity index (χ1n) is 12.3. The molecule has 0 radical (unpaired) electrons. The molecule has 3 N–H and O–H groups in total. The maximum absolute atomic E-state index is 9.42. The average molecular weight is 498 g/mol. The highest BCUT2D eigenvalue weighted by Crippen LogP contribution is 2.39. The number of hydrogen-bond donors (Lipinski definition) is 2. The van der Waals surface area contributed by atoms with Gasteiger partial charge in [-0.1, -0.05) is 84.9 Å². The van der Waals surface area contributed by atoms with E-state index in [1.807, 2.05) is 42.5 Å². The second kappa shape index (κ2) is 11.9. The van der Waals surface area contributed by atoms with Crippen molar-refractivity contribution in [2.24, 2.45) is 5.73 Å². The summed E-state index contributed by atoms with van der Waals surface area (Å²) in [6, 6.07) is 35.2. The van der Waals surface area contributed by atoms with Gasteiger partial charge in [-0.2, -0.15) is 0 Å². The second-order valence-corrected chi connectivity index (χ2v) is 10.1. The van der Waals surface area contributed by atoms with E-state index in [0.717, 1.165) is 45.6 Å². The summed E-state index contributed by atoms with van der Waals surface area (Å²) in [5, 5.41) is 9.42. The topological polar surface area (TPSA) is 64.7 Å². The predicted octanol–water partition coefficient (Wildman–Crippen LogP) is 6.64. The Kier molecular flexibility index (Phi) is 8.16. The van der Waals surface area contributed by atoms with Crippen molar-refractivity contribution >= 4 is 11.8 Å². The van der Waals surface area contributed by atoms with Crippen LogP contribution < -0.4 is 5.73 Å². The summed E-state index contributed by atoms with van der Waals surface area (Å²) in [7, 11) is 0. The van der Waals surface area contributed by atoms with Crippen molar-refractivity contribution in [3.8, 4) is 11.1 Å². The largest absolute Gasteiger partial charge is 0.392 e. The lowest BCUT2D eigenvalue weighted by atomic mass is 9.99. The summed E-state index contributed by atoms with van der Waals surface area (Å²) in [5.41, 5.74) is 12.2. The fraction of sp³-hybridized carbons (Fsp3) is 0.226. The van der Waals surface area contributed by atoms with E-state index < -0.39 is 6.29 Å². The van der Waals surface area contributed by atoms with E-state index in [0.29, 0.717) is 6.54 Å². The molecule has 184 valence electrons. The maximum atomic E-state index is 9.42. The molecule has 4 aromatic rings. The standard InChI is InChI=1S/C31H31NO3S/c32-19-23-5-4-6-27(17-23)24-13-15-26(16-14-24)31-34-28(21-36-29-7-2-1-3-8-29)18-30(35-31)25-11-9-22(20-33)10-12-25/h1-17,28,30-31,33H,18-21,32H2/t28-,30+,31+/m0/s1. The summed E-state index contributed by atoms with van der Waals surface area (Å²) in [6.45, 7) is 0.563. The van der Waals surface area contributed by atoms with Crippen LogP contribution in [0.1, 0.15) is 41.1 Å². The number of thioether (sulfide) groups is 1. The lowest BCUT2D eigenvalue weighted by Gasteiger charge is -2.36. The molecule has 0 aromatic heterocycles. The third-order valence-electron chi connectivity index (χ3n) is 6.47. The van der Waals surface area contributed by atoms with Crippen molar-refractivity contribution in [1.82, 2.24) is 0 Å². The summed E-state index contributed by atoms with van der Waals surface area (Å²) in [5.74, 6) is 0.846. The monoisotopic (exact) mass is 497 g/mol. The SMILES string of the molecule is NCc1cccc(-c2ccc([C@@H]3O[C@H](CSc4ccccc4)C[C@H](c4ccc(CO)cc4)O3)cc2)c1. The number of benzene rings is 4. The van der Waals surface area contributed by atoms with Gasteiger partial charge in [-0.15, -0.1) is 11.8 Å².